The third-order valence-corrected chi connectivity index (χ3v) is 8.74. The van der Waals surface area contributed by atoms with Crippen LogP contribution in [0.4, 0.5) is 0 Å². The molecule has 5 atom stereocenters. The van der Waals surface area contributed by atoms with Crippen LogP contribution < -0.4 is 0 Å². The Morgan fingerprint density at radius 1 is 1.26 bits per heavy atom. The minimum Gasteiger partial charge on any atom is -0.392 e. The molecule has 2 heterocycles. The van der Waals surface area contributed by atoms with Crippen molar-refractivity contribution in [3.8, 4) is 0 Å². The maximum Gasteiger partial charge on any atom is 0.0696 e. The molecule has 5 unspecified atom stereocenters. The Labute approximate surface area is 125 Å². The third kappa shape index (κ3) is 2.97. The highest BCUT2D eigenvalue weighted by molar-refractivity contribution is 8.07. The zero-order valence-corrected chi connectivity index (χ0v) is 13.6. The Balaban J connectivity index is 1.58. The van der Waals surface area contributed by atoms with Crippen molar-refractivity contribution >= 4 is 23.5 Å². The van der Waals surface area contributed by atoms with E-state index in [4.69, 9.17) is 4.74 Å². The number of hydrogen-bond acceptors (Lipinski definition) is 4. The summed E-state index contributed by atoms with van der Waals surface area (Å²) < 4.78 is 5.98. The largest absolute Gasteiger partial charge is 0.392 e. The van der Waals surface area contributed by atoms with Crippen LogP contribution in [0.25, 0.3) is 0 Å². The van der Waals surface area contributed by atoms with Crippen LogP contribution >= 0.6 is 23.5 Å². The van der Waals surface area contributed by atoms with E-state index in [-0.39, 0.29) is 11.7 Å². The predicted octanol–water partition coefficient (Wildman–Crippen LogP) is 3.32. The molecule has 4 heteroatoms. The fraction of sp³-hybridized carbons (Fsp3) is 1.00. The van der Waals surface area contributed by atoms with E-state index >= 15 is 0 Å². The molecule has 0 radical (unpaired) electrons. The van der Waals surface area contributed by atoms with Gasteiger partial charge in [0.2, 0.25) is 0 Å². The quantitative estimate of drug-likeness (QED) is 0.847. The Kier molecular flexibility index (Phi) is 4.43. The molecule has 2 nitrogen and oxygen atoms in total. The molecule has 1 spiro atoms. The average Bonchev–Trinajstić information content (AvgIpc) is 2.39. The Hall–Kier alpha value is 0.620. The second-order valence-electron chi connectivity index (χ2n) is 6.55. The van der Waals surface area contributed by atoms with Gasteiger partial charge < -0.3 is 9.84 Å². The van der Waals surface area contributed by atoms with E-state index < -0.39 is 0 Å². The lowest BCUT2D eigenvalue weighted by molar-refractivity contribution is -0.156. The minimum atomic E-state index is -0.131. The molecule has 19 heavy (non-hydrogen) atoms. The maximum absolute atomic E-state index is 10.8. The lowest BCUT2D eigenvalue weighted by Gasteiger charge is -2.49. The van der Waals surface area contributed by atoms with Gasteiger partial charge in [0.15, 0.2) is 0 Å². The van der Waals surface area contributed by atoms with E-state index in [9.17, 15) is 5.11 Å². The number of ether oxygens (including phenoxy) is 1. The van der Waals surface area contributed by atoms with Gasteiger partial charge in [0, 0.05) is 28.1 Å². The van der Waals surface area contributed by atoms with Gasteiger partial charge in [-0.25, -0.2) is 0 Å². The topological polar surface area (TPSA) is 29.5 Å². The normalized spacial score (nSPS) is 43.7. The van der Waals surface area contributed by atoms with Crippen molar-refractivity contribution < 1.29 is 9.84 Å². The van der Waals surface area contributed by atoms with Crippen LogP contribution in [0.5, 0.6) is 0 Å². The van der Waals surface area contributed by atoms with Gasteiger partial charge in [-0.3, -0.25) is 0 Å². The Bertz CT molecular complexity index is 319. The average molecular weight is 303 g/mol. The SMILES string of the molecule is CC1SCC(C(O)C2CCOC3(CCC3)C2)SC1C. The lowest BCUT2D eigenvalue weighted by atomic mass is 9.70. The van der Waals surface area contributed by atoms with E-state index in [1.807, 2.05) is 23.5 Å². The first-order valence-electron chi connectivity index (χ1n) is 7.69. The van der Waals surface area contributed by atoms with E-state index in [2.05, 4.69) is 13.8 Å². The highest BCUT2D eigenvalue weighted by Crippen LogP contribution is 2.47. The van der Waals surface area contributed by atoms with Gasteiger partial charge in [0.05, 0.1) is 11.7 Å². The zero-order valence-electron chi connectivity index (χ0n) is 12.0. The molecule has 0 bridgehead atoms. The van der Waals surface area contributed by atoms with Crippen molar-refractivity contribution in [2.75, 3.05) is 12.4 Å². The Morgan fingerprint density at radius 2 is 2.05 bits per heavy atom. The number of rotatable bonds is 2. The van der Waals surface area contributed by atoms with Gasteiger partial charge in [-0.05, 0) is 38.0 Å². The van der Waals surface area contributed by atoms with Crippen molar-refractivity contribution in [3.05, 3.63) is 0 Å². The molecule has 0 aromatic heterocycles. The highest BCUT2D eigenvalue weighted by atomic mass is 32.2. The summed E-state index contributed by atoms with van der Waals surface area (Å²) in [6.07, 6.45) is 5.76. The van der Waals surface area contributed by atoms with Crippen LogP contribution in [0.15, 0.2) is 0 Å². The van der Waals surface area contributed by atoms with Crippen molar-refractivity contribution in [1.82, 2.24) is 0 Å². The lowest BCUT2D eigenvalue weighted by Crippen LogP contribution is -2.50. The van der Waals surface area contributed by atoms with Gasteiger partial charge in [-0.1, -0.05) is 13.8 Å². The summed E-state index contributed by atoms with van der Waals surface area (Å²) in [5.74, 6) is 1.58. The van der Waals surface area contributed by atoms with Crippen LogP contribution in [-0.2, 0) is 4.74 Å². The smallest absolute Gasteiger partial charge is 0.0696 e. The van der Waals surface area contributed by atoms with Crippen molar-refractivity contribution in [2.45, 2.75) is 73.4 Å². The number of hydrogen-bond donors (Lipinski definition) is 1. The molecule has 0 aromatic rings. The predicted molar refractivity (Wildman–Crippen MR) is 84.0 cm³/mol. The van der Waals surface area contributed by atoms with Crippen LogP contribution in [0.1, 0.15) is 46.0 Å². The number of aliphatic hydroxyl groups is 1. The van der Waals surface area contributed by atoms with E-state index in [0.29, 0.717) is 16.4 Å². The van der Waals surface area contributed by atoms with Crippen molar-refractivity contribution in [3.63, 3.8) is 0 Å². The van der Waals surface area contributed by atoms with E-state index in [1.54, 1.807) is 0 Å². The standard InChI is InChI=1S/C15H26O2S2/c1-10-11(2)19-13(9-18-10)14(16)12-4-7-17-15(8-12)5-3-6-15/h10-14,16H,3-9H2,1-2H3. The summed E-state index contributed by atoms with van der Waals surface area (Å²) in [4.78, 5) is 0. The molecule has 3 aliphatic rings. The van der Waals surface area contributed by atoms with Crippen LogP contribution in [0, 0.1) is 5.92 Å². The fourth-order valence-corrected chi connectivity index (χ4v) is 6.66. The van der Waals surface area contributed by atoms with Crippen LogP contribution in [-0.4, -0.2) is 44.9 Å². The van der Waals surface area contributed by atoms with E-state index in [1.165, 1.54) is 19.3 Å². The summed E-state index contributed by atoms with van der Waals surface area (Å²) in [5, 5.41) is 12.6. The summed E-state index contributed by atoms with van der Waals surface area (Å²) in [6, 6.07) is 0. The molecule has 0 aromatic carbocycles. The molecular weight excluding hydrogens is 276 g/mol. The number of aliphatic hydroxyl groups excluding tert-OH is 1. The highest BCUT2D eigenvalue weighted by Gasteiger charge is 2.45. The van der Waals surface area contributed by atoms with E-state index in [0.717, 1.165) is 30.5 Å². The third-order valence-electron chi connectivity index (χ3n) is 5.23. The van der Waals surface area contributed by atoms with Crippen molar-refractivity contribution in [2.24, 2.45) is 5.92 Å². The molecule has 110 valence electrons. The minimum absolute atomic E-state index is 0.131. The molecule has 0 amide bonds. The molecule has 3 fully saturated rings. The molecule has 2 saturated heterocycles. The summed E-state index contributed by atoms with van der Waals surface area (Å²) in [6.45, 7) is 5.47. The fourth-order valence-electron chi connectivity index (χ4n) is 3.57. The Morgan fingerprint density at radius 3 is 2.68 bits per heavy atom. The molecule has 2 aliphatic heterocycles. The zero-order chi connectivity index (χ0) is 13.5. The first-order valence-corrected chi connectivity index (χ1v) is 9.68. The second-order valence-corrected chi connectivity index (χ2v) is 9.58. The number of thioether (sulfide) groups is 2. The van der Waals surface area contributed by atoms with Crippen LogP contribution in [0.2, 0.25) is 0 Å². The van der Waals surface area contributed by atoms with Gasteiger partial charge in [-0.2, -0.15) is 23.5 Å². The van der Waals surface area contributed by atoms with Gasteiger partial charge >= 0.3 is 0 Å². The first-order chi connectivity index (χ1) is 9.10. The molecule has 1 N–H and O–H groups in total. The molecule has 1 saturated carbocycles. The second kappa shape index (κ2) is 5.78. The monoisotopic (exact) mass is 302 g/mol. The maximum atomic E-state index is 10.8. The molecule has 3 rings (SSSR count). The molecular formula is C15H26O2S2. The van der Waals surface area contributed by atoms with Gasteiger partial charge in [-0.15, -0.1) is 0 Å². The first kappa shape index (κ1) is 14.6. The summed E-state index contributed by atoms with van der Waals surface area (Å²) >= 11 is 4.04. The summed E-state index contributed by atoms with van der Waals surface area (Å²) in [5.41, 5.74) is 0.162. The van der Waals surface area contributed by atoms with Crippen molar-refractivity contribution in [1.29, 1.82) is 0 Å². The van der Waals surface area contributed by atoms with Gasteiger partial charge in [0.25, 0.3) is 0 Å². The molecule has 1 aliphatic carbocycles. The van der Waals surface area contributed by atoms with Crippen LogP contribution in [0.3, 0.4) is 0 Å². The van der Waals surface area contributed by atoms with Gasteiger partial charge in [0.1, 0.15) is 0 Å². The summed E-state index contributed by atoms with van der Waals surface area (Å²) in [7, 11) is 0.